The summed E-state index contributed by atoms with van der Waals surface area (Å²) >= 11 is 0. The number of pyridine rings is 1. The molecule has 0 aliphatic heterocycles. The zero-order chi connectivity index (χ0) is 10.6. The molecular weight excluding hydrogens is 180 g/mol. The van der Waals surface area contributed by atoms with Gasteiger partial charge in [0.2, 0.25) is 0 Å². The van der Waals surface area contributed by atoms with Crippen LogP contribution in [0.1, 0.15) is 26.3 Å². The summed E-state index contributed by atoms with van der Waals surface area (Å²) in [5.41, 5.74) is 0.408. The van der Waals surface area contributed by atoms with Gasteiger partial charge in [0, 0.05) is 6.07 Å². The summed E-state index contributed by atoms with van der Waals surface area (Å²) in [6, 6.07) is 3.44. The first-order valence-corrected chi connectivity index (χ1v) is 4.38. The van der Waals surface area contributed by atoms with Gasteiger partial charge in [-0.05, 0) is 26.8 Å². The van der Waals surface area contributed by atoms with Crippen molar-refractivity contribution in [3.63, 3.8) is 0 Å². The van der Waals surface area contributed by atoms with Crippen molar-refractivity contribution >= 4 is 6.21 Å². The minimum absolute atomic E-state index is 0.307. The summed E-state index contributed by atoms with van der Waals surface area (Å²) in [4.78, 5) is 5.13. The van der Waals surface area contributed by atoms with Crippen molar-refractivity contribution in [2.24, 2.45) is 5.16 Å². The van der Waals surface area contributed by atoms with Gasteiger partial charge in [-0.15, -0.1) is 0 Å². The highest BCUT2D eigenvalue weighted by Crippen LogP contribution is 2.06. The largest absolute Gasteiger partial charge is 0.619 e. The Morgan fingerprint density at radius 1 is 1.50 bits per heavy atom. The molecule has 0 saturated carbocycles. The molecule has 0 unspecified atom stereocenters. The van der Waals surface area contributed by atoms with Crippen molar-refractivity contribution in [1.29, 1.82) is 0 Å². The lowest BCUT2D eigenvalue weighted by molar-refractivity contribution is -0.605. The third-order valence-electron chi connectivity index (χ3n) is 1.33. The van der Waals surface area contributed by atoms with Gasteiger partial charge in [-0.3, -0.25) is 0 Å². The van der Waals surface area contributed by atoms with Crippen LogP contribution >= 0.6 is 0 Å². The van der Waals surface area contributed by atoms with E-state index in [1.54, 1.807) is 12.1 Å². The molecule has 1 aromatic heterocycles. The van der Waals surface area contributed by atoms with Crippen molar-refractivity contribution in [2.45, 2.75) is 26.4 Å². The molecule has 0 saturated heterocycles. The Kier molecular flexibility index (Phi) is 3.06. The third-order valence-corrected chi connectivity index (χ3v) is 1.33. The van der Waals surface area contributed by atoms with Crippen molar-refractivity contribution in [3.8, 4) is 0 Å². The SMILES string of the molecule is CC(C)(C)O/N=C/c1ccc[n+]([O-])c1. The van der Waals surface area contributed by atoms with E-state index in [9.17, 15) is 5.21 Å². The van der Waals surface area contributed by atoms with E-state index in [2.05, 4.69) is 5.16 Å². The van der Waals surface area contributed by atoms with Crippen LogP contribution in [0.25, 0.3) is 0 Å². The summed E-state index contributed by atoms with van der Waals surface area (Å²) in [6.45, 7) is 5.72. The van der Waals surface area contributed by atoms with Crippen molar-refractivity contribution in [1.82, 2.24) is 0 Å². The van der Waals surface area contributed by atoms with Crippen molar-refractivity contribution < 1.29 is 9.57 Å². The second-order valence-electron chi connectivity index (χ2n) is 3.94. The topological polar surface area (TPSA) is 48.5 Å². The molecule has 14 heavy (non-hydrogen) atoms. The van der Waals surface area contributed by atoms with Gasteiger partial charge >= 0.3 is 0 Å². The Hall–Kier alpha value is -1.58. The maximum atomic E-state index is 10.9. The van der Waals surface area contributed by atoms with Crippen LogP contribution in [-0.2, 0) is 4.84 Å². The highest BCUT2D eigenvalue weighted by atomic mass is 16.6. The number of hydrogen-bond donors (Lipinski definition) is 0. The Morgan fingerprint density at radius 3 is 2.79 bits per heavy atom. The Labute approximate surface area is 83.4 Å². The first kappa shape index (κ1) is 10.5. The summed E-state index contributed by atoms with van der Waals surface area (Å²) in [6.07, 6.45) is 4.36. The molecule has 0 bridgehead atoms. The van der Waals surface area contributed by atoms with Crippen molar-refractivity contribution in [3.05, 3.63) is 35.3 Å². The van der Waals surface area contributed by atoms with Gasteiger partial charge < -0.3 is 10.0 Å². The highest BCUT2D eigenvalue weighted by Gasteiger charge is 2.09. The first-order valence-electron chi connectivity index (χ1n) is 4.38. The van der Waals surface area contributed by atoms with Gasteiger partial charge in [0.05, 0.1) is 11.8 Å². The highest BCUT2D eigenvalue weighted by molar-refractivity contribution is 5.77. The second-order valence-corrected chi connectivity index (χ2v) is 3.94. The van der Waals surface area contributed by atoms with Crippen LogP contribution in [0.3, 0.4) is 0 Å². The van der Waals surface area contributed by atoms with E-state index in [-0.39, 0.29) is 5.60 Å². The molecule has 0 atom stereocenters. The number of oxime groups is 1. The molecule has 76 valence electrons. The molecule has 0 aliphatic rings. The molecule has 0 amide bonds. The normalized spacial score (nSPS) is 11.9. The van der Waals surface area contributed by atoms with Crippen LogP contribution in [0.5, 0.6) is 0 Å². The monoisotopic (exact) mass is 194 g/mol. The van der Waals surface area contributed by atoms with Gasteiger partial charge in [-0.1, -0.05) is 5.16 Å². The molecule has 1 heterocycles. The zero-order valence-corrected chi connectivity index (χ0v) is 8.60. The Morgan fingerprint density at radius 2 is 2.21 bits per heavy atom. The molecule has 1 aromatic rings. The van der Waals surface area contributed by atoms with Gasteiger partial charge in [0.25, 0.3) is 0 Å². The van der Waals surface area contributed by atoms with E-state index in [1.807, 2.05) is 20.8 Å². The number of nitrogens with zero attached hydrogens (tertiary/aromatic N) is 2. The van der Waals surface area contributed by atoms with Gasteiger partial charge in [-0.25, -0.2) is 0 Å². The molecule has 0 aliphatic carbocycles. The predicted molar refractivity (Wildman–Crippen MR) is 53.8 cm³/mol. The molecule has 1 rings (SSSR count). The van der Waals surface area contributed by atoms with Gasteiger partial charge in [0.15, 0.2) is 12.4 Å². The lowest BCUT2D eigenvalue weighted by Gasteiger charge is -2.14. The lowest BCUT2D eigenvalue weighted by atomic mass is 10.2. The summed E-state index contributed by atoms with van der Waals surface area (Å²) in [7, 11) is 0. The minimum atomic E-state index is -0.307. The molecule has 0 radical (unpaired) electrons. The molecule has 0 aromatic carbocycles. The summed E-state index contributed by atoms with van der Waals surface area (Å²) < 4.78 is 0.721. The van der Waals surface area contributed by atoms with Crippen LogP contribution in [0.2, 0.25) is 0 Å². The molecule has 4 heteroatoms. The van der Waals surface area contributed by atoms with Crippen LogP contribution in [0.15, 0.2) is 29.7 Å². The maximum absolute atomic E-state index is 10.9. The number of rotatable bonds is 2. The zero-order valence-electron chi connectivity index (χ0n) is 8.60. The van der Waals surface area contributed by atoms with Crippen molar-refractivity contribution in [2.75, 3.05) is 0 Å². The smallest absolute Gasteiger partial charge is 0.189 e. The summed E-state index contributed by atoms with van der Waals surface area (Å²) in [5.74, 6) is 0. The Balaban J connectivity index is 2.61. The van der Waals surface area contributed by atoms with Crippen LogP contribution < -0.4 is 4.73 Å². The van der Waals surface area contributed by atoms with E-state index < -0.39 is 0 Å². The number of hydrogen-bond acceptors (Lipinski definition) is 3. The maximum Gasteiger partial charge on any atom is 0.189 e. The predicted octanol–water partition coefficient (Wildman–Crippen LogP) is 1.47. The van der Waals surface area contributed by atoms with Gasteiger partial charge in [0.1, 0.15) is 5.60 Å². The average Bonchev–Trinajstić information content (AvgIpc) is 2.01. The van der Waals surface area contributed by atoms with Crippen LogP contribution in [0.4, 0.5) is 0 Å². The fraction of sp³-hybridized carbons (Fsp3) is 0.400. The van der Waals surface area contributed by atoms with E-state index in [0.717, 1.165) is 4.73 Å². The van der Waals surface area contributed by atoms with E-state index in [4.69, 9.17) is 4.84 Å². The summed E-state index contributed by atoms with van der Waals surface area (Å²) in [5, 5.41) is 14.6. The van der Waals surface area contributed by atoms with E-state index >= 15 is 0 Å². The van der Waals surface area contributed by atoms with E-state index in [1.165, 1.54) is 18.6 Å². The minimum Gasteiger partial charge on any atom is -0.619 e. The Bertz CT molecular complexity index is 329. The first-order chi connectivity index (χ1) is 6.47. The van der Waals surface area contributed by atoms with Crippen LogP contribution in [0, 0.1) is 5.21 Å². The fourth-order valence-electron chi connectivity index (χ4n) is 0.794. The molecule has 4 nitrogen and oxygen atoms in total. The fourth-order valence-corrected chi connectivity index (χ4v) is 0.794. The average molecular weight is 194 g/mol. The standard InChI is InChI=1S/C10H14N2O2/c1-10(2,3)14-11-7-9-5-4-6-12(13)8-9/h4-8H,1-3H3/b11-7+. The number of aromatic nitrogens is 1. The van der Waals surface area contributed by atoms with Crippen LogP contribution in [-0.4, -0.2) is 11.8 Å². The quantitative estimate of drug-likeness (QED) is 0.310. The molecular formula is C10H14N2O2. The second kappa shape index (κ2) is 4.09. The molecule has 0 N–H and O–H groups in total. The lowest BCUT2D eigenvalue weighted by Crippen LogP contribution is -2.24. The van der Waals surface area contributed by atoms with Gasteiger partial charge in [-0.2, -0.15) is 4.73 Å². The van der Waals surface area contributed by atoms with E-state index in [0.29, 0.717) is 5.56 Å². The molecule has 0 fully saturated rings. The molecule has 0 spiro atoms. The third kappa shape index (κ3) is 3.89.